The number of amides is 3. The minimum atomic E-state index is -1.09. The number of nitrogens with one attached hydrogen (secondary N) is 4. The molecule has 38 heavy (non-hydrogen) atoms. The van der Waals surface area contributed by atoms with Gasteiger partial charge in [-0.05, 0) is 35.4 Å². The topological polar surface area (TPSA) is 158 Å². The number of rotatable bonds is 8. The fourth-order valence-electron chi connectivity index (χ4n) is 3.76. The van der Waals surface area contributed by atoms with E-state index in [-0.39, 0.29) is 19.6 Å². The van der Waals surface area contributed by atoms with Crippen LogP contribution in [0, 0.1) is 0 Å². The first-order valence-corrected chi connectivity index (χ1v) is 11.7. The highest BCUT2D eigenvalue weighted by Gasteiger charge is 2.25. The molecule has 4 rings (SSSR count). The molecule has 11 heteroatoms. The van der Waals surface area contributed by atoms with E-state index in [1.165, 1.54) is 6.21 Å². The molecule has 0 bridgehead atoms. The molecule has 3 amide bonds. The molecule has 0 saturated carbocycles. The van der Waals surface area contributed by atoms with Crippen molar-refractivity contribution < 1.29 is 29.0 Å². The molecule has 0 radical (unpaired) electrons. The summed E-state index contributed by atoms with van der Waals surface area (Å²) in [6, 6.07) is 20.1. The van der Waals surface area contributed by atoms with Gasteiger partial charge in [0, 0.05) is 29.0 Å². The van der Waals surface area contributed by atoms with Crippen molar-refractivity contribution in [1.82, 2.24) is 10.7 Å². The number of carboxylic acids is 1. The highest BCUT2D eigenvalue weighted by molar-refractivity contribution is 6.09. The van der Waals surface area contributed by atoms with E-state index < -0.39 is 29.9 Å². The van der Waals surface area contributed by atoms with Gasteiger partial charge in [-0.25, -0.2) is 10.2 Å². The van der Waals surface area contributed by atoms with Crippen molar-refractivity contribution in [3.05, 3.63) is 95.1 Å². The third kappa shape index (κ3) is 6.94. The van der Waals surface area contributed by atoms with Crippen molar-refractivity contribution >= 4 is 41.5 Å². The number of fused-ring (bicyclic) bond motifs is 1. The fraction of sp³-hybridized carbons (Fsp3) is 0.148. The van der Waals surface area contributed by atoms with Gasteiger partial charge in [-0.2, -0.15) is 5.10 Å². The SMILES string of the molecule is O=C(O)CC1Nc2ccc(NC(=O)c3ccccc3C=NNC(=O)OCc3ccccc3)cc2CNC1=O. The lowest BCUT2D eigenvalue weighted by Gasteiger charge is -2.15. The van der Waals surface area contributed by atoms with Crippen LogP contribution < -0.4 is 21.4 Å². The second-order valence-corrected chi connectivity index (χ2v) is 8.36. The van der Waals surface area contributed by atoms with E-state index in [4.69, 9.17) is 9.84 Å². The summed E-state index contributed by atoms with van der Waals surface area (Å²) in [6.45, 7) is 0.275. The zero-order valence-electron chi connectivity index (χ0n) is 20.1. The summed E-state index contributed by atoms with van der Waals surface area (Å²) >= 11 is 0. The van der Waals surface area contributed by atoms with Crippen LogP contribution in [0.25, 0.3) is 0 Å². The molecule has 0 saturated heterocycles. The minimum absolute atomic E-state index is 0.0986. The normalized spacial score (nSPS) is 14.4. The van der Waals surface area contributed by atoms with Crippen molar-refractivity contribution in [3.63, 3.8) is 0 Å². The molecular formula is C27H25N5O6. The Morgan fingerprint density at radius 2 is 1.82 bits per heavy atom. The Morgan fingerprint density at radius 3 is 2.61 bits per heavy atom. The molecule has 1 atom stereocenters. The van der Waals surface area contributed by atoms with Crippen LogP contribution in [0.5, 0.6) is 0 Å². The van der Waals surface area contributed by atoms with Crippen LogP contribution in [0.1, 0.15) is 33.5 Å². The molecule has 3 aromatic carbocycles. The Labute approximate surface area is 217 Å². The van der Waals surface area contributed by atoms with Gasteiger partial charge in [-0.15, -0.1) is 0 Å². The predicted octanol–water partition coefficient (Wildman–Crippen LogP) is 3.08. The van der Waals surface area contributed by atoms with Crippen molar-refractivity contribution in [2.75, 3.05) is 10.6 Å². The van der Waals surface area contributed by atoms with Crippen LogP contribution in [-0.4, -0.2) is 41.2 Å². The smallest absolute Gasteiger partial charge is 0.428 e. The molecule has 1 heterocycles. The molecule has 11 nitrogen and oxygen atoms in total. The number of carboxylic acid groups (broad SMARTS) is 1. The van der Waals surface area contributed by atoms with Crippen LogP contribution in [0.15, 0.2) is 77.9 Å². The largest absolute Gasteiger partial charge is 0.481 e. The van der Waals surface area contributed by atoms with E-state index in [2.05, 4.69) is 26.5 Å². The van der Waals surface area contributed by atoms with E-state index in [0.717, 1.165) is 5.56 Å². The van der Waals surface area contributed by atoms with Gasteiger partial charge < -0.3 is 25.8 Å². The van der Waals surface area contributed by atoms with Gasteiger partial charge in [0.15, 0.2) is 0 Å². The number of hydrazone groups is 1. The molecule has 0 aromatic heterocycles. The number of aliphatic carboxylic acids is 1. The monoisotopic (exact) mass is 515 g/mol. The third-order valence-corrected chi connectivity index (χ3v) is 5.62. The van der Waals surface area contributed by atoms with Crippen LogP contribution in [-0.2, 0) is 27.5 Å². The average molecular weight is 516 g/mol. The molecule has 1 aliphatic heterocycles. The Kier molecular flexibility index (Phi) is 8.29. The standard InChI is InChI=1S/C27H25N5O6/c33-24(34)13-23-26(36)28-14-19-12-20(10-11-22(19)31-23)30-25(35)21-9-5-4-8-18(21)15-29-32-27(37)38-16-17-6-2-1-3-7-17/h1-12,15,23,31H,13-14,16H2,(H,28,36)(H,30,35)(H,32,37)(H,33,34). The number of carbonyl (C=O) groups is 4. The Hall–Kier alpha value is -5.19. The first-order valence-electron chi connectivity index (χ1n) is 11.7. The molecule has 1 unspecified atom stereocenters. The van der Waals surface area contributed by atoms with E-state index in [1.807, 2.05) is 30.3 Å². The maximum atomic E-state index is 13.0. The van der Waals surface area contributed by atoms with Crippen molar-refractivity contribution in [1.29, 1.82) is 0 Å². The van der Waals surface area contributed by atoms with Gasteiger partial charge in [0.2, 0.25) is 5.91 Å². The Bertz CT molecular complexity index is 1380. The first kappa shape index (κ1) is 25.9. The maximum absolute atomic E-state index is 13.0. The number of anilines is 2. The maximum Gasteiger partial charge on any atom is 0.428 e. The summed E-state index contributed by atoms with van der Waals surface area (Å²) in [5.74, 6) is -1.92. The lowest BCUT2D eigenvalue weighted by Crippen LogP contribution is -2.38. The summed E-state index contributed by atoms with van der Waals surface area (Å²) in [4.78, 5) is 48.2. The molecule has 0 fully saturated rings. The Balaban J connectivity index is 1.38. The summed E-state index contributed by atoms with van der Waals surface area (Å²) < 4.78 is 5.11. The number of nitrogens with zero attached hydrogens (tertiary/aromatic N) is 1. The van der Waals surface area contributed by atoms with E-state index in [1.54, 1.807) is 42.5 Å². The number of benzene rings is 3. The summed E-state index contributed by atoms with van der Waals surface area (Å²) in [5.41, 5.74) is 5.67. The zero-order chi connectivity index (χ0) is 26.9. The molecule has 0 spiro atoms. The molecule has 3 aromatic rings. The second kappa shape index (κ2) is 12.2. The summed E-state index contributed by atoms with van der Waals surface area (Å²) in [6.07, 6.45) is 0.253. The average Bonchev–Trinajstić information content (AvgIpc) is 3.06. The first-order chi connectivity index (χ1) is 18.4. The zero-order valence-corrected chi connectivity index (χ0v) is 20.1. The molecule has 194 valence electrons. The summed E-state index contributed by atoms with van der Waals surface area (Å²) in [5, 5.41) is 21.4. The Morgan fingerprint density at radius 1 is 1.05 bits per heavy atom. The highest BCUT2D eigenvalue weighted by Crippen LogP contribution is 2.24. The number of hydrogen-bond acceptors (Lipinski definition) is 7. The minimum Gasteiger partial charge on any atom is -0.481 e. The molecule has 0 aliphatic carbocycles. The highest BCUT2D eigenvalue weighted by atomic mass is 16.6. The number of hydrogen-bond donors (Lipinski definition) is 5. The lowest BCUT2D eigenvalue weighted by molar-refractivity contribution is -0.139. The fourth-order valence-corrected chi connectivity index (χ4v) is 3.76. The van der Waals surface area contributed by atoms with Crippen molar-refractivity contribution in [3.8, 4) is 0 Å². The van der Waals surface area contributed by atoms with Gasteiger partial charge in [-0.3, -0.25) is 14.4 Å². The number of ether oxygens (including phenoxy) is 1. The van der Waals surface area contributed by atoms with Gasteiger partial charge in [0.05, 0.1) is 12.6 Å². The van der Waals surface area contributed by atoms with Gasteiger partial charge >= 0.3 is 12.1 Å². The van der Waals surface area contributed by atoms with Gasteiger partial charge in [0.1, 0.15) is 12.6 Å². The van der Waals surface area contributed by atoms with E-state index in [0.29, 0.717) is 28.1 Å². The van der Waals surface area contributed by atoms with Gasteiger partial charge in [-0.1, -0.05) is 48.5 Å². The van der Waals surface area contributed by atoms with Crippen molar-refractivity contribution in [2.45, 2.75) is 25.6 Å². The van der Waals surface area contributed by atoms with E-state index in [9.17, 15) is 19.2 Å². The molecule has 1 aliphatic rings. The molecule has 5 N–H and O–H groups in total. The predicted molar refractivity (Wildman–Crippen MR) is 140 cm³/mol. The number of carbonyl (C=O) groups excluding carboxylic acids is 3. The van der Waals surface area contributed by atoms with Crippen LogP contribution in [0.4, 0.5) is 16.2 Å². The van der Waals surface area contributed by atoms with Crippen LogP contribution >= 0.6 is 0 Å². The van der Waals surface area contributed by atoms with Crippen LogP contribution in [0.2, 0.25) is 0 Å². The van der Waals surface area contributed by atoms with Crippen LogP contribution in [0.3, 0.4) is 0 Å². The molecular weight excluding hydrogens is 490 g/mol. The summed E-state index contributed by atoms with van der Waals surface area (Å²) in [7, 11) is 0. The lowest BCUT2D eigenvalue weighted by atomic mass is 10.1. The third-order valence-electron chi connectivity index (χ3n) is 5.62. The van der Waals surface area contributed by atoms with Crippen molar-refractivity contribution in [2.24, 2.45) is 5.10 Å². The second-order valence-electron chi connectivity index (χ2n) is 8.36. The van der Waals surface area contributed by atoms with Gasteiger partial charge in [0.25, 0.3) is 5.91 Å². The van der Waals surface area contributed by atoms with E-state index >= 15 is 0 Å². The quantitative estimate of drug-likeness (QED) is 0.228.